The number of rotatable bonds is 1. The van der Waals surface area contributed by atoms with E-state index < -0.39 is 0 Å². The average Bonchev–Trinajstić information content (AvgIpc) is 2.69. The van der Waals surface area contributed by atoms with E-state index in [9.17, 15) is 0 Å². The van der Waals surface area contributed by atoms with Crippen LogP contribution in [0.3, 0.4) is 0 Å². The van der Waals surface area contributed by atoms with Gasteiger partial charge in [0.15, 0.2) is 0 Å². The molecule has 0 aliphatic heterocycles. The summed E-state index contributed by atoms with van der Waals surface area (Å²) in [7, 11) is 0. The fourth-order valence-corrected chi connectivity index (χ4v) is 3.49. The molecule has 5 heteroatoms. The second-order valence-electron chi connectivity index (χ2n) is 5.10. The molecule has 2 aromatic heterocycles. The van der Waals surface area contributed by atoms with E-state index >= 15 is 0 Å². The van der Waals surface area contributed by atoms with Gasteiger partial charge >= 0.3 is 0 Å². The standard InChI is InChI=1S/C13H17BrN4/c1-8-11-12(14)17-13(18(11)7-6-16-8)9-2-4-10(15)5-3-9/h6-7,9-10H,2-5,15H2,1H3/t9-,10-. The van der Waals surface area contributed by atoms with E-state index in [1.165, 1.54) is 0 Å². The van der Waals surface area contributed by atoms with Crippen LogP contribution in [0.1, 0.15) is 43.1 Å². The fourth-order valence-electron chi connectivity index (χ4n) is 2.83. The fraction of sp³-hybridized carbons (Fsp3) is 0.538. The van der Waals surface area contributed by atoms with Crippen LogP contribution in [0.2, 0.25) is 0 Å². The summed E-state index contributed by atoms with van der Waals surface area (Å²) in [5.74, 6) is 1.67. The number of aryl methyl sites for hydroxylation is 1. The lowest BCUT2D eigenvalue weighted by molar-refractivity contribution is 0.384. The molecule has 4 nitrogen and oxygen atoms in total. The molecule has 0 atom stereocenters. The molecular formula is C13H17BrN4. The van der Waals surface area contributed by atoms with Crippen LogP contribution in [0.4, 0.5) is 0 Å². The van der Waals surface area contributed by atoms with Crippen molar-refractivity contribution in [3.8, 4) is 0 Å². The number of fused-ring (bicyclic) bond motifs is 1. The Morgan fingerprint density at radius 3 is 2.78 bits per heavy atom. The van der Waals surface area contributed by atoms with Crippen LogP contribution in [0, 0.1) is 6.92 Å². The molecule has 1 saturated carbocycles. The largest absolute Gasteiger partial charge is 0.328 e. The van der Waals surface area contributed by atoms with Crippen LogP contribution in [0.25, 0.3) is 5.52 Å². The van der Waals surface area contributed by atoms with E-state index in [0.717, 1.165) is 47.3 Å². The third-order valence-electron chi connectivity index (χ3n) is 3.86. The Bertz CT molecular complexity index is 570. The van der Waals surface area contributed by atoms with Gasteiger partial charge < -0.3 is 5.73 Å². The first kappa shape index (κ1) is 12.1. The number of nitrogens with two attached hydrogens (primary N) is 1. The van der Waals surface area contributed by atoms with Crippen molar-refractivity contribution in [1.82, 2.24) is 14.4 Å². The minimum atomic E-state index is 0.374. The third-order valence-corrected chi connectivity index (χ3v) is 4.41. The number of nitrogens with zero attached hydrogens (tertiary/aromatic N) is 3. The average molecular weight is 309 g/mol. The predicted molar refractivity (Wildman–Crippen MR) is 74.6 cm³/mol. The second kappa shape index (κ2) is 4.63. The van der Waals surface area contributed by atoms with E-state index in [2.05, 4.69) is 25.3 Å². The lowest BCUT2D eigenvalue weighted by Gasteiger charge is -2.25. The Morgan fingerprint density at radius 2 is 2.06 bits per heavy atom. The molecule has 2 heterocycles. The van der Waals surface area contributed by atoms with Gasteiger partial charge in [0.05, 0.1) is 5.69 Å². The highest BCUT2D eigenvalue weighted by Gasteiger charge is 2.24. The first-order valence-electron chi connectivity index (χ1n) is 6.41. The highest BCUT2D eigenvalue weighted by atomic mass is 79.9. The van der Waals surface area contributed by atoms with Gasteiger partial charge in [0.2, 0.25) is 0 Å². The van der Waals surface area contributed by atoms with Gasteiger partial charge in [0.1, 0.15) is 15.9 Å². The smallest absolute Gasteiger partial charge is 0.134 e. The topological polar surface area (TPSA) is 56.2 Å². The summed E-state index contributed by atoms with van der Waals surface area (Å²) in [5.41, 5.74) is 8.07. The van der Waals surface area contributed by atoms with Gasteiger partial charge in [0, 0.05) is 24.4 Å². The molecule has 2 N–H and O–H groups in total. The maximum Gasteiger partial charge on any atom is 0.134 e. The zero-order valence-corrected chi connectivity index (χ0v) is 12.0. The zero-order valence-electron chi connectivity index (χ0n) is 10.4. The SMILES string of the molecule is Cc1nccn2c1c(Br)nc2[C@H]1CC[C@H](N)CC1. The van der Waals surface area contributed by atoms with Crippen molar-refractivity contribution in [2.75, 3.05) is 0 Å². The molecule has 0 saturated heterocycles. The first-order valence-corrected chi connectivity index (χ1v) is 7.20. The first-order chi connectivity index (χ1) is 8.66. The Hall–Kier alpha value is -0.940. The molecule has 0 bridgehead atoms. The zero-order chi connectivity index (χ0) is 12.7. The number of hydrogen-bond acceptors (Lipinski definition) is 3. The van der Waals surface area contributed by atoms with Gasteiger partial charge in [-0.1, -0.05) is 0 Å². The van der Waals surface area contributed by atoms with Gasteiger partial charge in [-0.25, -0.2) is 4.98 Å². The highest BCUT2D eigenvalue weighted by Crippen LogP contribution is 2.34. The maximum atomic E-state index is 5.97. The predicted octanol–water partition coefficient (Wildman–Crippen LogP) is 2.79. The van der Waals surface area contributed by atoms with Gasteiger partial charge in [-0.3, -0.25) is 9.38 Å². The van der Waals surface area contributed by atoms with Crippen molar-refractivity contribution in [3.63, 3.8) is 0 Å². The Kier molecular flexibility index (Phi) is 3.11. The van der Waals surface area contributed by atoms with Crippen LogP contribution in [0.15, 0.2) is 17.0 Å². The number of halogens is 1. The summed E-state index contributed by atoms with van der Waals surface area (Å²) < 4.78 is 3.08. The van der Waals surface area contributed by atoms with Crippen molar-refractivity contribution in [3.05, 3.63) is 28.5 Å². The lowest BCUT2D eigenvalue weighted by Crippen LogP contribution is -2.26. The van der Waals surface area contributed by atoms with Crippen molar-refractivity contribution in [2.45, 2.75) is 44.6 Å². The molecule has 0 spiro atoms. The van der Waals surface area contributed by atoms with E-state index in [-0.39, 0.29) is 0 Å². The molecule has 0 amide bonds. The Balaban J connectivity index is 2.05. The molecule has 1 fully saturated rings. The quantitative estimate of drug-likeness (QED) is 0.881. The highest BCUT2D eigenvalue weighted by molar-refractivity contribution is 9.10. The third kappa shape index (κ3) is 1.95. The number of hydrogen-bond donors (Lipinski definition) is 1. The van der Waals surface area contributed by atoms with Gasteiger partial charge in [-0.05, 0) is 48.5 Å². The van der Waals surface area contributed by atoms with E-state index in [4.69, 9.17) is 10.7 Å². The summed E-state index contributed by atoms with van der Waals surface area (Å²) in [6.45, 7) is 2.02. The van der Waals surface area contributed by atoms with Crippen LogP contribution < -0.4 is 5.73 Å². The minimum absolute atomic E-state index is 0.374. The molecular weight excluding hydrogens is 292 g/mol. The number of aromatic nitrogens is 3. The minimum Gasteiger partial charge on any atom is -0.328 e. The Morgan fingerprint density at radius 1 is 1.33 bits per heavy atom. The van der Waals surface area contributed by atoms with Gasteiger partial charge in [-0.15, -0.1) is 0 Å². The number of imidazole rings is 1. The maximum absolute atomic E-state index is 5.97. The van der Waals surface area contributed by atoms with E-state index in [1.54, 1.807) is 0 Å². The molecule has 0 radical (unpaired) electrons. The van der Waals surface area contributed by atoms with Crippen molar-refractivity contribution < 1.29 is 0 Å². The van der Waals surface area contributed by atoms with Crippen LogP contribution in [-0.2, 0) is 0 Å². The molecule has 3 rings (SSSR count). The summed E-state index contributed by atoms with van der Waals surface area (Å²) in [4.78, 5) is 9.03. The summed E-state index contributed by atoms with van der Waals surface area (Å²) in [6.07, 6.45) is 8.31. The summed E-state index contributed by atoms with van der Waals surface area (Å²) in [5, 5.41) is 0. The van der Waals surface area contributed by atoms with E-state index in [0.29, 0.717) is 12.0 Å². The summed E-state index contributed by atoms with van der Waals surface area (Å²) in [6, 6.07) is 0.374. The van der Waals surface area contributed by atoms with Crippen LogP contribution in [-0.4, -0.2) is 20.4 Å². The van der Waals surface area contributed by atoms with Gasteiger partial charge in [-0.2, -0.15) is 0 Å². The van der Waals surface area contributed by atoms with E-state index in [1.807, 2.05) is 19.3 Å². The Labute approximate surface area is 115 Å². The molecule has 2 aromatic rings. The molecule has 0 unspecified atom stereocenters. The van der Waals surface area contributed by atoms with Crippen molar-refractivity contribution >= 4 is 21.4 Å². The lowest BCUT2D eigenvalue weighted by atomic mass is 9.86. The molecule has 18 heavy (non-hydrogen) atoms. The monoisotopic (exact) mass is 308 g/mol. The molecule has 1 aliphatic rings. The normalized spacial score (nSPS) is 24.6. The molecule has 96 valence electrons. The van der Waals surface area contributed by atoms with Crippen LogP contribution >= 0.6 is 15.9 Å². The van der Waals surface area contributed by atoms with Crippen LogP contribution in [0.5, 0.6) is 0 Å². The molecule has 1 aliphatic carbocycles. The van der Waals surface area contributed by atoms with Crippen molar-refractivity contribution in [1.29, 1.82) is 0 Å². The van der Waals surface area contributed by atoms with Crippen molar-refractivity contribution in [2.24, 2.45) is 5.73 Å². The van der Waals surface area contributed by atoms with Gasteiger partial charge in [0.25, 0.3) is 0 Å². The second-order valence-corrected chi connectivity index (χ2v) is 5.85. The summed E-state index contributed by atoms with van der Waals surface area (Å²) >= 11 is 3.55. The molecule has 0 aromatic carbocycles.